The molecule has 0 aliphatic carbocycles. The zero-order valence-electron chi connectivity index (χ0n) is 10.7. The average molecular weight is 269 g/mol. The summed E-state index contributed by atoms with van der Waals surface area (Å²) in [6.07, 6.45) is -0.465. The van der Waals surface area contributed by atoms with Crippen molar-refractivity contribution in [2.45, 2.75) is 26.4 Å². The monoisotopic (exact) mass is 268 g/mol. The summed E-state index contributed by atoms with van der Waals surface area (Å²) in [5.74, 6) is -0.336. The lowest BCUT2D eigenvalue weighted by Crippen LogP contribution is -2.37. The number of carbonyl (C=O) groups is 2. The Bertz CT molecular complexity index is 241. The third kappa shape index (κ3) is 12.9. The standard InChI is InChI=1S/C10H20N2O4.ClH/c1-10(2,3)16-9(14)12-6-5-11-7-8(13)15-4;/h11H,5-7H2,1-4H3,(H,12,14);1H. The van der Waals surface area contributed by atoms with Gasteiger partial charge >= 0.3 is 12.1 Å². The van der Waals surface area contributed by atoms with E-state index in [1.54, 1.807) is 20.8 Å². The summed E-state index contributed by atoms with van der Waals surface area (Å²) in [6.45, 7) is 6.39. The van der Waals surface area contributed by atoms with Crippen molar-refractivity contribution in [2.75, 3.05) is 26.7 Å². The summed E-state index contributed by atoms with van der Waals surface area (Å²) >= 11 is 0. The van der Waals surface area contributed by atoms with Gasteiger partial charge in [0.1, 0.15) is 5.60 Å². The number of esters is 1. The maximum atomic E-state index is 11.2. The van der Waals surface area contributed by atoms with E-state index in [4.69, 9.17) is 4.74 Å². The van der Waals surface area contributed by atoms with Gasteiger partial charge < -0.3 is 20.1 Å². The number of halogens is 1. The molecule has 0 fully saturated rings. The van der Waals surface area contributed by atoms with E-state index in [-0.39, 0.29) is 24.9 Å². The quantitative estimate of drug-likeness (QED) is 0.567. The van der Waals surface area contributed by atoms with Crippen molar-refractivity contribution < 1.29 is 19.1 Å². The number of hydrogen-bond donors (Lipinski definition) is 2. The van der Waals surface area contributed by atoms with Crippen LogP contribution in [-0.4, -0.2) is 44.4 Å². The van der Waals surface area contributed by atoms with Gasteiger partial charge in [0.05, 0.1) is 13.7 Å². The topological polar surface area (TPSA) is 76.7 Å². The predicted molar refractivity (Wildman–Crippen MR) is 66.4 cm³/mol. The fourth-order valence-corrected chi connectivity index (χ4v) is 0.830. The van der Waals surface area contributed by atoms with Crippen molar-refractivity contribution in [1.29, 1.82) is 0 Å². The third-order valence-electron chi connectivity index (χ3n) is 1.47. The average Bonchev–Trinajstić information content (AvgIpc) is 2.14. The first-order valence-electron chi connectivity index (χ1n) is 5.09. The van der Waals surface area contributed by atoms with Crippen LogP contribution < -0.4 is 10.6 Å². The van der Waals surface area contributed by atoms with Crippen LogP contribution in [-0.2, 0) is 14.3 Å². The van der Waals surface area contributed by atoms with Crippen molar-refractivity contribution in [3.63, 3.8) is 0 Å². The van der Waals surface area contributed by atoms with E-state index in [2.05, 4.69) is 15.4 Å². The van der Waals surface area contributed by atoms with Crippen LogP contribution in [0.5, 0.6) is 0 Å². The number of ether oxygens (including phenoxy) is 2. The molecule has 0 bridgehead atoms. The first-order valence-corrected chi connectivity index (χ1v) is 5.09. The van der Waals surface area contributed by atoms with Gasteiger partial charge in [0, 0.05) is 13.1 Å². The van der Waals surface area contributed by atoms with Crippen molar-refractivity contribution in [1.82, 2.24) is 10.6 Å². The molecule has 0 radical (unpaired) electrons. The van der Waals surface area contributed by atoms with Crippen LogP contribution >= 0.6 is 12.4 Å². The highest BCUT2D eigenvalue weighted by Gasteiger charge is 2.15. The van der Waals surface area contributed by atoms with Crippen LogP contribution in [0.1, 0.15) is 20.8 Å². The highest BCUT2D eigenvalue weighted by atomic mass is 35.5. The van der Waals surface area contributed by atoms with E-state index in [9.17, 15) is 9.59 Å². The van der Waals surface area contributed by atoms with Crippen molar-refractivity contribution in [2.24, 2.45) is 0 Å². The number of hydrogen-bond acceptors (Lipinski definition) is 5. The van der Waals surface area contributed by atoms with E-state index < -0.39 is 11.7 Å². The zero-order chi connectivity index (χ0) is 12.6. The minimum atomic E-state index is -0.496. The second kappa shape index (κ2) is 9.07. The lowest BCUT2D eigenvalue weighted by atomic mass is 10.2. The molecule has 0 aromatic heterocycles. The Morgan fingerprint density at radius 3 is 2.24 bits per heavy atom. The largest absolute Gasteiger partial charge is 0.468 e. The van der Waals surface area contributed by atoms with Crippen molar-refractivity contribution in [3.8, 4) is 0 Å². The lowest BCUT2D eigenvalue weighted by Gasteiger charge is -2.19. The maximum absolute atomic E-state index is 11.2. The van der Waals surface area contributed by atoms with Crippen molar-refractivity contribution >= 4 is 24.5 Å². The molecule has 0 aromatic carbocycles. The Morgan fingerprint density at radius 2 is 1.76 bits per heavy atom. The molecule has 0 aromatic rings. The van der Waals surface area contributed by atoms with Gasteiger partial charge in [0.15, 0.2) is 0 Å². The van der Waals surface area contributed by atoms with Gasteiger partial charge in [-0.25, -0.2) is 4.79 Å². The Balaban J connectivity index is 0. The highest BCUT2D eigenvalue weighted by Crippen LogP contribution is 2.05. The molecule has 6 nitrogen and oxygen atoms in total. The molecule has 17 heavy (non-hydrogen) atoms. The number of alkyl carbamates (subject to hydrolysis) is 1. The van der Waals surface area contributed by atoms with Gasteiger partial charge in [-0.3, -0.25) is 4.79 Å². The first-order chi connectivity index (χ1) is 7.35. The fourth-order valence-electron chi connectivity index (χ4n) is 0.830. The Morgan fingerprint density at radius 1 is 1.18 bits per heavy atom. The van der Waals surface area contributed by atoms with Crippen LogP contribution in [0.3, 0.4) is 0 Å². The number of nitrogens with one attached hydrogen (secondary N) is 2. The van der Waals surface area contributed by atoms with Gasteiger partial charge in [-0.1, -0.05) is 0 Å². The van der Waals surface area contributed by atoms with E-state index in [0.717, 1.165) is 0 Å². The minimum Gasteiger partial charge on any atom is -0.468 e. The summed E-state index contributed by atoms with van der Waals surface area (Å²) in [6, 6.07) is 0. The van der Waals surface area contributed by atoms with Gasteiger partial charge in [-0.15, -0.1) is 12.4 Å². The Kier molecular flexibility index (Phi) is 9.79. The van der Waals surface area contributed by atoms with Crippen LogP contribution in [0, 0.1) is 0 Å². The molecular formula is C10H21ClN2O4. The first kappa shape index (κ1) is 18.4. The highest BCUT2D eigenvalue weighted by molar-refractivity contribution is 5.85. The molecule has 0 saturated heterocycles. The van der Waals surface area contributed by atoms with Crippen LogP contribution in [0.15, 0.2) is 0 Å². The molecular weight excluding hydrogens is 248 g/mol. The number of carbonyl (C=O) groups excluding carboxylic acids is 2. The Hall–Kier alpha value is -1.01. The number of methoxy groups -OCH3 is 1. The molecule has 0 spiro atoms. The summed E-state index contributed by atoms with van der Waals surface area (Å²) in [5.41, 5.74) is -0.496. The van der Waals surface area contributed by atoms with Gasteiger partial charge in [-0.2, -0.15) is 0 Å². The Labute approximate surface area is 108 Å². The van der Waals surface area contributed by atoms with Crippen LogP contribution in [0.4, 0.5) is 4.79 Å². The molecule has 0 aliphatic heterocycles. The second-order valence-corrected chi connectivity index (χ2v) is 4.18. The third-order valence-corrected chi connectivity index (χ3v) is 1.47. The molecule has 0 unspecified atom stereocenters. The normalized spacial score (nSPS) is 10.1. The molecule has 1 amide bonds. The molecule has 0 atom stereocenters. The van der Waals surface area contributed by atoms with E-state index in [1.807, 2.05) is 0 Å². The van der Waals surface area contributed by atoms with Crippen LogP contribution in [0.25, 0.3) is 0 Å². The van der Waals surface area contributed by atoms with Crippen LogP contribution in [0.2, 0.25) is 0 Å². The molecule has 0 heterocycles. The van der Waals surface area contributed by atoms with Gasteiger partial charge in [0.2, 0.25) is 0 Å². The molecule has 102 valence electrons. The second-order valence-electron chi connectivity index (χ2n) is 4.18. The SMILES string of the molecule is COC(=O)CNCCNC(=O)OC(C)(C)C.Cl. The molecule has 0 aliphatic rings. The lowest BCUT2D eigenvalue weighted by molar-refractivity contribution is -0.139. The van der Waals surface area contributed by atoms with Crippen molar-refractivity contribution in [3.05, 3.63) is 0 Å². The number of rotatable bonds is 5. The summed E-state index contributed by atoms with van der Waals surface area (Å²) in [4.78, 5) is 21.9. The smallest absolute Gasteiger partial charge is 0.407 e. The fraction of sp³-hybridized carbons (Fsp3) is 0.800. The molecule has 0 saturated carbocycles. The summed E-state index contributed by atoms with van der Waals surface area (Å²) in [5, 5.41) is 5.36. The van der Waals surface area contributed by atoms with Gasteiger partial charge in [-0.05, 0) is 20.8 Å². The summed E-state index contributed by atoms with van der Waals surface area (Å²) < 4.78 is 9.45. The zero-order valence-corrected chi connectivity index (χ0v) is 11.5. The predicted octanol–water partition coefficient (Wildman–Crippen LogP) is 0.695. The maximum Gasteiger partial charge on any atom is 0.407 e. The molecule has 0 rings (SSSR count). The number of amides is 1. The molecule has 7 heteroatoms. The minimum absolute atomic E-state index is 0. The summed E-state index contributed by atoms with van der Waals surface area (Å²) in [7, 11) is 1.32. The van der Waals surface area contributed by atoms with E-state index in [1.165, 1.54) is 7.11 Å². The molecule has 2 N–H and O–H groups in total. The van der Waals surface area contributed by atoms with E-state index in [0.29, 0.717) is 13.1 Å². The van der Waals surface area contributed by atoms with E-state index >= 15 is 0 Å². The van der Waals surface area contributed by atoms with Gasteiger partial charge in [0.25, 0.3) is 0 Å².